The second kappa shape index (κ2) is 5.76. The van der Waals surface area contributed by atoms with Crippen molar-refractivity contribution < 1.29 is 14.3 Å². The van der Waals surface area contributed by atoms with E-state index in [-0.39, 0.29) is 17.5 Å². The van der Waals surface area contributed by atoms with Crippen molar-refractivity contribution in [2.75, 3.05) is 5.73 Å². The number of hydrogen-bond donors (Lipinski definition) is 1. The molecule has 0 bridgehead atoms. The van der Waals surface area contributed by atoms with Crippen molar-refractivity contribution in [2.24, 2.45) is 11.3 Å². The molecule has 2 aliphatic rings. The third kappa shape index (κ3) is 2.70. The van der Waals surface area contributed by atoms with E-state index in [4.69, 9.17) is 15.2 Å². The van der Waals surface area contributed by atoms with E-state index in [0.717, 1.165) is 18.4 Å². The molecule has 3 heterocycles. The number of rotatable bonds is 2. The van der Waals surface area contributed by atoms with Crippen LogP contribution in [0.5, 0.6) is 0 Å². The zero-order valence-electron chi connectivity index (χ0n) is 16.1. The van der Waals surface area contributed by atoms with Gasteiger partial charge < -0.3 is 15.2 Å². The van der Waals surface area contributed by atoms with Gasteiger partial charge in [0.1, 0.15) is 11.8 Å². The number of nitrogen functional groups attached to an aromatic ring is 1. The van der Waals surface area contributed by atoms with Crippen LogP contribution in [0, 0.1) is 11.3 Å². The van der Waals surface area contributed by atoms with Crippen LogP contribution in [0.1, 0.15) is 46.8 Å². The summed E-state index contributed by atoms with van der Waals surface area (Å²) in [6.07, 6.45) is 3.55. The maximum absolute atomic E-state index is 12.6. The van der Waals surface area contributed by atoms with Crippen molar-refractivity contribution in [1.82, 2.24) is 19.5 Å². The van der Waals surface area contributed by atoms with E-state index in [2.05, 4.69) is 28.5 Å². The number of esters is 1. The molecule has 1 spiro atoms. The predicted octanol–water partition coefficient (Wildman–Crippen LogP) is 2.62. The molecule has 0 radical (unpaired) electrons. The Morgan fingerprint density at radius 2 is 2.07 bits per heavy atom. The lowest BCUT2D eigenvalue weighted by molar-refractivity contribution is -0.166. The van der Waals surface area contributed by atoms with E-state index < -0.39 is 17.7 Å². The van der Waals surface area contributed by atoms with Gasteiger partial charge in [-0.05, 0) is 33.6 Å². The van der Waals surface area contributed by atoms with Gasteiger partial charge in [0.15, 0.2) is 23.8 Å². The van der Waals surface area contributed by atoms with Gasteiger partial charge >= 0.3 is 5.97 Å². The quantitative estimate of drug-likeness (QED) is 0.639. The second-order valence-electron chi connectivity index (χ2n) is 8.67. The highest BCUT2D eigenvalue weighted by atomic mass is 16.6. The summed E-state index contributed by atoms with van der Waals surface area (Å²) in [6.45, 7) is 11.6. The lowest BCUT2D eigenvalue weighted by atomic mass is 9.69. The number of carbonyl (C=O) groups excluding carboxylic acids is 1. The number of nitrogens with zero attached hydrogens (tertiary/aromatic N) is 4. The van der Waals surface area contributed by atoms with Gasteiger partial charge in [-0.1, -0.05) is 19.1 Å². The number of carbonyl (C=O) groups is 1. The van der Waals surface area contributed by atoms with Gasteiger partial charge in [0.2, 0.25) is 0 Å². The highest BCUT2D eigenvalue weighted by molar-refractivity contribution is 5.81. The van der Waals surface area contributed by atoms with Crippen LogP contribution in [0.15, 0.2) is 24.8 Å². The van der Waals surface area contributed by atoms with Crippen molar-refractivity contribution in [3.05, 3.63) is 24.8 Å². The zero-order chi connectivity index (χ0) is 19.6. The molecule has 2 fully saturated rings. The largest absolute Gasteiger partial charge is 0.457 e. The average Bonchev–Trinajstić information content (AvgIpc) is 3.09. The van der Waals surface area contributed by atoms with Crippen LogP contribution in [-0.4, -0.2) is 37.2 Å². The summed E-state index contributed by atoms with van der Waals surface area (Å²) < 4.78 is 14.2. The first-order valence-electron chi connectivity index (χ1n) is 9.11. The molecule has 144 valence electrons. The Labute approximate surface area is 157 Å². The first-order valence-corrected chi connectivity index (χ1v) is 9.11. The number of imidazole rings is 1. The molecule has 3 atom stereocenters. The fourth-order valence-electron chi connectivity index (χ4n) is 3.89. The minimum absolute atomic E-state index is 0.0101. The topological polar surface area (TPSA) is 105 Å². The van der Waals surface area contributed by atoms with Crippen LogP contribution in [-0.2, 0) is 14.3 Å². The maximum atomic E-state index is 12.6. The summed E-state index contributed by atoms with van der Waals surface area (Å²) in [4.78, 5) is 25.2. The molecule has 1 saturated carbocycles. The van der Waals surface area contributed by atoms with E-state index >= 15 is 0 Å². The molecule has 27 heavy (non-hydrogen) atoms. The van der Waals surface area contributed by atoms with Crippen LogP contribution in [0.4, 0.5) is 5.82 Å². The summed E-state index contributed by atoms with van der Waals surface area (Å²) in [5.41, 5.74) is 7.15. The third-order valence-corrected chi connectivity index (χ3v) is 5.57. The van der Waals surface area contributed by atoms with Gasteiger partial charge in [0.25, 0.3) is 0 Å². The Hall–Kier alpha value is -2.48. The fraction of sp³-hybridized carbons (Fsp3) is 0.579. The molecule has 4 rings (SSSR count). The molecule has 1 aliphatic heterocycles. The number of fused-ring (bicyclic) bond motifs is 1. The number of anilines is 1. The van der Waals surface area contributed by atoms with Gasteiger partial charge in [-0.3, -0.25) is 9.36 Å². The monoisotopic (exact) mass is 371 g/mol. The Bertz CT molecular complexity index is 921. The molecule has 2 N–H and O–H groups in total. The Balaban J connectivity index is 1.74. The van der Waals surface area contributed by atoms with E-state index in [1.54, 1.807) is 10.9 Å². The first-order chi connectivity index (χ1) is 12.6. The Morgan fingerprint density at radius 3 is 2.70 bits per heavy atom. The first kappa shape index (κ1) is 17.9. The van der Waals surface area contributed by atoms with Gasteiger partial charge in [-0.2, -0.15) is 0 Å². The summed E-state index contributed by atoms with van der Waals surface area (Å²) in [7, 11) is 0. The van der Waals surface area contributed by atoms with Crippen LogP contribution in [0.2, 0.25) is 0 Å². The van der Waals surface area contributed by atoms with E-state index in [1.807, 2.05) is 20.8 Å². The van der Waals surface area contributed by atoms with Crippen molar-refractivity contribution in [3.8, 4) is 0 Å². The molecular formula is C19H25N5O3. The molecule has 0 aromatic carbocycles. The molecule has 8 heteroatoms. The molecule has 2 aromatic heterocycles. The molecule has 0 amide bonds. The molecule has 0 unspecified atom stereocenters. The number of nitrogens with two attached hydrogens (primary N) is 1. The summed E-state index contributed by atoms with van der Waals surface area (Å²) in [6, 6.07) is 0. The SMILES string of the molecule is C=C1CC2(C1)O[C@@H](n1cnc3c(N)ncnc31)[C@H](OC(=O)C(C)(C)C)[C@@H]2C. The minimum Gasteiger partial charge on any atom is -0.457 e. The maximum Gasteiger partial charge on any atom is 0.311 e. The smallest absolute Gasteiger partial charge is 0.311 e. The third-order valence-electron chi connectivity index (χ3n) is 5.57. The highest BCUT2D eigenvalue weighted by Crippen LogP contribution is 2.55. The average molecular weight is 371 g/mol. The second-order valence-corrected chi connectivity index (χ2v) is 8.67. The number of ether oxygens (including phenoxy) is 2. The highest BCUT2D eigenvalue weighted by Gasteiger charge is 2.59. The summed E-state index contributed by atoms with van der Waals surface area (Å²) in [5, 5.41) is 0. The van der Waals surface area contributed by atoms with Crippen LogP contribution >= 0.6 is 0 Å². The number of aromatic nitrogens is 4. The molecular weight excluding hydrogens is 346 g/mol. The van der Waals surface area contributed by atoms with Gasteiger partial charge in [-0.25, -0.2) is 15.0 Å². The minimum atomic E-state index is -0.604. The number of hydrogen-bond acceptors (Lipinski definition) is 7. The summed E-state index contributed by atoms with van der Waals surface area (Å²) in [5.74, 6) is 0.0532. The normalized spacial score (nSPS) is 27.1. The standard InChI is InChI=1S/C19H25N5O3/c1-10-6-19(7-10)11(2)13(26-17(25)18(3,4)5)16(27-19)24-9-23-12-14(20)21-8-22-15(12)24/h8-9,11,13,16H,1,6-7H2,2-5H3,(H2,20,21,22)/t11-,13+,16+/m0/s1. The van der Waals surface area contributed by atoms with E-state index in [1.165, 1.54) is 6.33 Å². The zero-order valence-corrected chi connectivity index (χ0v) is 16.1. The lowest BCUT2D eigenvalue weighted by Crippen LogP contribution is -2.45. The van der Waals surface area contributed by atoms with Crippen LogP contribution in [0.25, 0.3) is 11.2 Å². The molecule has 8 nitrogen and oxygen atoms in total. The van der Waals surface area contributed by atoms with Crippen LogP contribution < -0.4 is 5.73 Å². The Kier molecular flexibility index (Phi) is 3.82. The van der Waals surface area contributed by atoms with Crippen molar-refractivity contribution >= 4 is 23.0 Å². The van der Waals surface area contributed by atoms with E-state index in [0.29, 0.717) is 17.0 Å². The molecule has 1 saturated heterocycles. The van der Waals surface area contributed by atoms with Crippen molar-refractivity contribution in [3.63, 3.8) is 0 Å². The lowest BCUT2D eigenvalue weighted by Gasteiger charge is -2.43. The predicted molar refractivity (Wildman–Crippen MR) is 99.5 cm³/mol. The van der Waals surface area contributed by atoms with Crippen LogP contribution in [0.3, 0.4) is 0 Å². The van der Waals surface area contributed by atoms with E-state index in [9.17, 15) is 4.79 Å². The molecule has 2 aromatic rings. The summed E-state index contributed by atoms with van der Waals surface area (Å²) >= 11 is 0. The van der Waals surface area contributed by atoms with Gasteiger partial charge in [0.05, 0.1) is 17.3 Å². The van der Waals surface area contributed by atoms with Gasteiger partial charge in [0, 0.05) is 5.92 Å². The fourth-order valence-corrected chi connectivity index (χ4v) is 3.89. The Morgan fingerprint density at radius 1 is 1.37 bits per heavy atom. The van der Waals surface area contributed by atoms with Crippen molar-refractivity contribution in [2.45, 2.75) is 58.5 Å². The van der Waals surface area contributed by atoms with Gasteiger partial charge in [-0.15, -0.1) is 0 Å². The van der Waals surface area contributed by atoms with Crippen molar-refractivity contribution in [1.29, 1.82) is 0 Å². The molecule has 1 aliphatic carbocycles.